The first-order valence-electron chi connectivity index (χ1n) is 5.80. The first-order valence-corrected chi connectivity index (χ1v) is 5.80. The Balaban J connectivity index is 2.33. The van der Waals surface area contributed by atoms with E-state index in [-0.39, 0.29) is 18.6 Å². The molecular weight excluding hydrogens is 259 g/mol. The Morgan fingerprint density at radius 1 is 1.63 bits per heavy atom. The lowest BCUT2D eigenvalue weighted by atomic mass is 10.2. The van der Waals surface area contributed by atoms with Crippen LogP contribution in [0.15, 0.2) is 15.8 Å². The third-order valence-corrected chi connectivity index (χ3v) is 2.99. The smallest absolute Gasteiger partial charge is 0.330 e. The van der Waals surface area contributed by atoms with Gasteiger partial charge in [0.15, 0.2) is 0 Å². The number of methoxy groups -OCH3 is 1. The Kier molecular flexibility index (Phi) is 4.13. The lowest BCUT2D eigenvalue weighted by Crippen LogP contribution is -2.34. The third kappa shape index (κ3) is 2.75. The van der Waals surface area contributed by atoms with E-state index in [0.717, 1.165) is 4.57 Å². The molecule has 2 heterocycles. The van der Waals surface area contributed by atoms with Gasteiger partial charge in [0.2, 0.25) is 0 Å². The van der Waals surface area contributed by atoms with Gasteiger partial charge in [0.25, 0.3) is 5.56 Å². The predicted molar refractivity (Wildman–Crippen MR) is 62.5 cm³/mol. The SMILES string of the molecule is COCc1cn([C@H]2C[C@H](F)[C@@H](CO)O2)c(=O)[nH]c1=O. The van der Waals surface area contributed by atoms with E-state index in [4.69, 9.17) is 14.6 Å². The minimum Gasteiger partial charge on any atom is -0.394 e. The first-order chi connectivity index (χ1) is 9.06. The fourth-order valence-electron chi connectivity index (χ4n) is 2.02. The second-order valence-corrected chi connectivity index (χ2v) is 4.32. The van der Waals surface area contributed by atoms with Gasteiger partial charge in [-0.15, -0.1) is 0 Å². The van der Waals surface area contributed by atoms with Gasteiger partial charge in [0.1, 0.15) is 18.5 Å². The van der Waals surface area contributed by atoms with Gasteiger partial charge in [-0.25, -0.2) is 9.18 Å². The second kappa shape index (κ2) is 5.64. The van der Waals surface area contributed by atoms with Gasteiger partial charge in [0.05, 0.1) is 18.8 Å². The minimum atomic E-state index is -1.35. The van der Waals surface area contributed by atoms with Crippen LogP contribution in [0, 0.1) is 0 Å². The van der Waals surface area contributed by atoms with Crippen LogP contribution < -0.4 is 11.2 Å². The van der Waals surface area contributed by atoms with Crippen LogP contribution in [0.3, 0.4) is 0 Å². The maximum absolute atomic E-state index is 13.5. The maximum atomic E-state index is 13.5. The maximum Gasteiger partial charge on any atom is 0.330 e. The summed E-state index contributed by atoms with van der Waals surface area (Å²) in [5, 5.41) is 8.92. The molecule has 7 nitrogen and oxygen atoms in total. The van der Waals surface area contributed by atoms with Crippen molar-refractivity contribution in [2.45, 2.75) is 31.5 Å². The Bertz CT molecular complexity index is 555. The normalized spacial score (nSPS) is 26.8. The highest BCUT2D eigenvalue weighted by Crippen LogP contribution is 2.29. The van der Waals surface area contributed by atoms with E-state index in [2.05, 4.69) is 4.98 Å². The van der Waals surface area contributed by atoms with Gasteiger partial charge >= 0.3 is 5.69 Å². The van der Waals surface area contributed by atoms with Crippen LogP contribution in [-0.2, 0) is 16.1 Å². The van der Waals surface area contributed by atoms with Crippen LogP contribution in [0.4, 0.5) is 4.39 Å². The monoisotopic (exact) mass is 274 g/mol. The van der Waals surface area contributed by atoms with Crippen LogP contribution in [-0.4, -0.2) is 40.6 Å². The fourth-order valence-corrected chi connectivity index (χ4v) is 2.02. The number of nitrogens with zero attached hydrogens (tertiary/aromatic N) is 1. The number of aliphatic hydroxyl groups is 1. The van der Waals surface area contributed by atoms with Crippen molar-refractivity contribution in [3.8, 4) is 0 Å². The van der Waals surface area contributed by atoms with Crippen molar-refractivity contribution in [3.05, 3.63) is 32.6 Å². The zero-order valence-corrected chi connectivity index (χ0v) is 10.3. The summed E-state index contributed by atoms with van der Waals surface area (Å²) in [6.45, 7) is -0.425. The molecule has 2 N–H and O–H groups in total. The molecule has 0 spiro atoms. The number of halogens is 1. The van der Waals surface area contributed by atoms with Crippen LogP contribution in [0.1, 0.15) is 18.2 Å². The molecular formula is C11H15FN2O5. The quantitative estimate of drug-likeness (QED) is 0.757. The highest BCUT2D eigenvalue weighted by Gasteiger charge is 2.36. The molecule has 0 amide bonds. The van der Waals surface area contributed by atoms with E-state index < -0.39 is 36.4 Å². The van der Waals surface area contributed by atoms with Crippen LogP contribution in [0.5, 0.6) is 0 Å². The number of rotatable bonds is 4. The number of alkyl halides is 1. The molecule has 0 bridgehead atoms. The Morgan fingerprint density at radius 3 is 2.95 bits per heavy atom. The molecule has 0 aromatic carbocycles. The molecule has 1 aromatic rings. The molecule has 1 saturated heterocycles. The van der Waals surface area contributed by atoms with Gasteiger partial charge in [-0.3, -0.25) is 14.3 Å². The van der Waals surface area contributed by atoms with Gasteiger partial charge < -0.3 is 14.6 Å². The standard InChI is InChI=1S/C11H15FN2O5/c1-18-5-6-3-14(11(17)13-10(6)16)9-2-7(12)8(4-15)19-9/h3,7-9,15H,2,4-5H2,1H3,(H,13,16,17)/t7-,8+,9+/m0/s1. The van der Waals surface area contributed by atoms with E-state index in [9.17, 15) is 14.0 Å². The second-order valence-electron chi connectivity index (χ2n) is 4.32. The van der Waals surface area contributed by atoms with Crippen molar-refractivity contribution in [2.24, 2.45) is 0 Å². The molecule has 1 aliphatic heterocycles. The molecule has 1 fully saturated rings. The van der Waals surface area contributed by atoms with Gasteiger partial charge in [-0.05, 0) is 0 Å². The van der Waals surface area contributed by atoms with E-state index in [1.165, 1.54) is 13.3 Å². The molecule has 19 heavy (non-hydrogen) atoms. The average molecular weight is 274 g/mol. The Labute approximate surface area is 107 Å². The largest absolute Gasteiger partial charge is 0.394 e. The lowest BCUT2D eigenvalue weighted by Gasteiger charge is -2.15. The van der Waals surface area contributed by atoms with Crippen molar-refractivity contribution in [3.63, 3.8) is 0 Å². The molecule has 106 valence electrons. The number of H-pyrrole nitrogens is 1. The highest BCUT2D eigenvalue weighted by atomic mass is 19.1. The van der Waals surface area contributed by atoms with Crippen LogP contribution in [0.2, 0.25) is 0 Å². The number of hydrogen-bond donors (Lipinski definition) is 2. The molecule has 0 aliphatic carbocycles. The predicted octanol–water partition coefficient (Wildman–Crippen LogP) is -0.699. The fraction of sp³-hybridized carbons (Fsp3) is 0.636. The zero-order valence-electron chi connectivity index (χ0n) is 10.3. The number of nitrogens with one attached hydrogen (secondary N) is 1. The summed E-state index contributed by atoms with van der Waals surface area (Å²) in [7, 11) is 1.42. The van der Waals surface area contributed by atoms with Crippen LogP contribution >= 0.6 is 0 Å². The molecule has 8 heteroatoms. The minimum absolute atomic E-state index is 0.0326. The number of hydrogen-bond acceptors (Lipinski definition) is 5. The molecule has 1 aromatic heterocycles. The molecule has 1 aliphatic rings. The number of aromatic amines is 1. The summed E-state index contributed by atoms with van der Waals surface area (Å²) in [4.78, 5) is 25.3. The molecule has 0 saturated carbocycles. The highest BCUT2D eigenvalue weighted by molar-refractivity contribution is 5.04. The number of aromatic nitrogens is 2. The van der Waals surface area contributed by atoms with Crippen LogP contribution in [0.25, 0.3) is 0 Å². The van der Waals surface area contributed by atoms with Gasteiger partial charge in [-0.2, -0.15) is 0 Å². The van der Waals surface area contributed by atoms with Crippen molar-refractivity contribution < 1.29 is 19.0 Å². The molecule has 0 radical (unpaired) electrons. The van der Waals surface area contributed by atoms with E-state index in [1.54, 1.807) is 0 Å². The van der Waals surface area contributed by atoms with E-state index >= 15 is 0 Å². The van der Waals surface area contributed by atoms with Crippen molar-refractivity contribution in [1.29, 1.82) is 0 Å². The molecule has 3 atom stereocenters. The summed E-state index contributed by atoms with van der Waals surface area (Å²) < 4.78 is 24.7. The Hall–Kier alpha value is -1.51. The summed E-state index contributed by atoms with van der Waals surface area (Å²) in [6.07, 6.45) is -1.90. The van der Waals surface area contributed by atoms with Gasteiger partial charge in [-0.1, -0.05) is 0 Å². The third-order valence-electron chi connectivity index (χ3n) is 2.99. The number of ether oxygens (including phenoxy) is 2. The average Bonchev–Trinajstić information content (AvgIpc) is 2.74. The topological polar surface area (TPSA) is 93.6 Å². The lowest BCUT2D eigenvalue weighted by molar-refractivity contribution is -0.0358. The number of aliphatic hydroxyl groups excluding tert-OH is 1. The first kappa shape index (κ1) is 13.9. The van der Waals surface area contributed by atoms with E-state index in [1.807, 2.05) is 0 Å². The van der Waals surface area contributed by atoms with Crippen molar-refractivity contribution in [2.75, 3.05) is 13.7 Å². The van der Waals surface area contributed by atoms with Crippen molar-refractivity contribution >= 4 is 0 Å². The Morgan fingerprint density at radius 2 is 2.37 bits per heavy atom. The summed E-state index contributed by atoms with van der Waals surface area (Å²) in [6, 6.07) is 0. The van der Waals surface area contributed by atoms with Crippen molar-refractivity contribution in [1.82, 2.24) is 9.55 Å². The summed E-state index contributed by atoms with van der Waals surface area (Å²) >= 11 is 0. The molecule has 0 unspecified atom stereocenters. The summed E-state index contributed by atoms with van der Waals surface area (Å²) in [5.41, 5.74) is -0.981. The molecule has 2 rings (SSSR count). The summed E-state index contributed by atoms with van der Waals surface area (Å²) in [5.74, 6) is 0. The van der Waals surface area contributed by atoms with Gasteiger partial charge in [0, 0.05) is 19.7 Å². The zero-order chi connectivity index (χ0) is 14.0. The van der Waals surface area contributed by atoms with E-state index in [0.29, 0.717) is 0 Å².